The van der Waals surface area contributed by atoms with E-state index in [0.29, 0.717) is 19.0 Å². The van der Waals surface area contributed by atoms with Crippen molar-refractivity contribution in [2.75, 3.05) is 31.1 Å². The van der Waals surface area contributed by atoms with Gasteiger partial charge in [0.2, 0.25) is 11.8 Å². The van der Waals surface area contributed by atoms with E-state index in [-0.39, 0.29) is 30.1 Å². The second-order valence-corrected chi connectivity index (χ2v) is 7.64. The first-order valence-electron chi connectivity index (χ1n) is 9.90. The molecule has 0 spiro atoms. The maximum absolute atomic E-state index is 13.2. The summed E-state index contributed by atoms with van der Waals surface area (Å²) in [4.78, 5) is 29.8. The molecule has 5 nitrogen and oxygen atoms in total. The minimum absolute atomic E-state index is 0. The molecule has 0 saturated carbocycles. The normalized spacial score (nSPS) is 20.5. The highest BCUT2D eigenvalue weighted by Gasteiger charge is 2.39. The molecule has 0 aromatic heterocycles. The Morgan fingerprint density at radius 3 is 2.63 bits per heavy atom. The number of benzene rings is 1. The molecule has 1 N–H and O–H groups in total. The van der Waals surface area contributed by atoms with Crippen molar-refractivity contribution < 1.29 is 9.59 Å². The van der Waals surface area contributed by atoms with Crippen molar-refractivity contribution in [2.45, 2.75) is 52.5 Å². The van der Waals surface area contributed by atoms with Gasteiger partial charge < -0.3 is 15.1 Å². The summed E-state index contributed by atoms with van der Waals surface area (Å²) >= 11 is 0. The molecule has 0 radical (unpaired) electrons. The van der Waals surface area contributed by atoms with E-state index >= 15 is 0 Å². The number of piperidine rings is 1. The second-order valence-electron chi connectivity index (χ2n) is 7.64. The molecule has 2 fully saturated rings. The van der Waals surface area contributed by atoms with Gasteiger partial charge in [-0.25, -0.2) is 0 Å². The van der Waals surface area contributed by atoms with E-state index in [9.17, 15) is 9.59 Å². The molecule has 1 aromatic rings. The number of anilines is 1. The molecule has 1 atom stereocenters. The van der Waals surface area contributed by atoms with E-state index < -0.39 is 0 Å². The Bertz CT molecular complexity index is 673. The van der Waals surface area contributed by atoms with Crippen LogP contribution < -0.4 is 10.2 Å². The Kier molecular flexibility index (Phi) is 7.68. The van der Waals surface area contributed by atoms with Crippen molar-refractivity contribution in [3.05, 3.63) is 29.3 Å². The maximum Gasteiger partial charge on any atom is 0.228 e. The van der Waals surface area contributed by atoms with Crippen LogP contribution in [0, 0.1) is 19.8 Å². The Morgan fingerprint density at radius 2 is 1.96 bits per heavy atom. The number of nitrogens with zero attached hydrogens (tertiary/aromatic N) is 2. The molecule has 2 aliphatic heterocycles. The van der Waals surface area contributed by atoms with Crippen molar-refractivity contribution in [3.63, 3.8) is 0 Å². The van der Waals surface area contributed by atoms with Crippen molar-refractivity contribution >= 4 is 29.9 Å². The van der Waals surface area contributed by atoms with Gasteiger partial charge in [0.1, 0.15) is 0 Å². The summed E-state index contributed by atoms with van der Waals surface area (Å²) in [5.74, 6) is 0.0163. The van der Waals surface area contributed by atoms with Crippen molar-refractivity contribution in [1.29, 1.82) is 0 Å². The van der Waals surface area contributed by atoms with Crippen LogP contribution in [0.15, 0.2) is 18.2 Å². The van der Waals surface area contributed by atoms with E-state index in [4.69, 9.17) is 0 Å². The van der Waals surface area contributed by atoms with Gasteiger partial charge in [0.15, 0.2) is 0 Å². The molecule has 1 unspecified atom stereocenters. The molecule has 2 heterocycles. The van der Waals surface area contributed by atoms with Gasteiger partial charge in [-0.05, 0) is 63.4 Å². The lowest BCUT2D eigenvalue weighted by Crippen LogP contribution is -2.48. The second kappa shape index (κ2) is 9.56. The summed E-state index contributed by atoms with van der Waals surface area (Å²) in [7, 11) is 0. The van der Waals surface area contributed by atoms with Crippen LogP contribution in [0.2, 0.25) is 0 Å². The number of carbonyl (C=O) groups excluding carboxylic acids is 2. The molecule has 2 saturated heterocycles. The minimum atomic E-state index is -0.219. The van der Waals surface area contributed by atoms with Gasteiger partial charge in [-0.1, -0.05) is 19.1 Å². The molecule has 6 heteroatoms. The number of carbonyl (C=O) groups is 2. The van der Waals surface area contributed by atoms with Crippen LogP contribution in [-0.2, 0) is 9.59 Å². The third kappa shape index (κ3) is 4.64. The summed E-state index contributed by atoms with van der Waals surface area (Å²) in [5.41, 5.74) is 3.25. The average Bonchev–Trinajstić information content (AvgIpc) is 3.04. The van der Waals surface area contributed by atoms with Gasteiger partial charge >= 0.3 is 0 Å². The fourth-order valence-corrected chi connectivity index (χ4v) is 4.20. The van der Waals surface area contributed by atoms with Crippen LogP contribution in [0.25, 0.3) is 0 Å². The largest absolute Gasteiger partial charge is 0.339 e. The van der Waals surface area contributed by atoms with Crippen LogP contribution in [0.1, 0.15) is 43.7 Å². The SMILES string of the molecule is CCCN(C(=O)C1CC(=O)N(c2cccc(C)c2C)C1)C1CCNCC1.Cl. The third-order valence-corrected chi connectivity index (χ3v) is 5.84. The third-order valence-electron chi connectivity index (χ3n) is 5.84. The van der Waals surface area contributed by atoms with Gasteiger partial charge in [0.25, 0.3) is 0 Å². The van der Waals surface area contributed by atoms with Crippen molar-refractivity contribution in [1.82, 2.24) is 10.2 Å². The Balaban J connectivity index is 0.00000261. The lowest BCUT2D eigenvalue weighted by Gasteiger charge is -2.36. The zero-order valence-corrected chi connectivity index (χ0v) is 17.5. The number of halogens is 1. The van der Waals surface area contributed by atoms with Gasteiger partial charge in [0, 0.05) is 31.2 Å². The van der Waals surface area contributed by atoms with E-state index in [0.717, 1.165) is 50.1 Å². The molecule has 150 valence electrons. The van der Waals surface area contributed by atoms with Crippen LogP contribution in [0.5, 0.6) is 0 Å². The fraction of sp³-hybridized carbons (Fsp3) is 0.619. The average molecular weight is 394 g/mol. The fourth-order valence-electron chi connectivity index (χ4n) is 4.20. The molecule has 2 aliphatic rings. The number of amides is 2. The highest BCUT2D eigenvalue weighted by atomic mass is 35.5. The number of aryl methyl sites for hydroxylation is 1. The van der Waals surface area contributed by atoms with E-state index in [1.165, 1.54) is 5.56 Å². The summed E-state index contributed by atoms with van der Waals surface area (Å²) in [6, 6.07) is 6.35. The first kappa shape index (κ1) is 21.7. The number of nitrogens with one attached hydrogen (secondary N) is 1. The predicted molar refractivity (Wildman–Crippen MR) is 112 cm³/mol. The number of rotatable bonds is 5. The summed E-state index contributed by atoms with van der Waals surface area (Å²) in [6.07, 6.45) is 3.30. The van der Waals surface area contributed by atoms with Crippen molar-refractivity contribution in [2.24, 2.45) is 5.92 Å². The molecule has 2 amide bonds. The zero-order valence-electron chi connectivity index (χ0n) is 16.7. The summed E-state index contributed by atoms with van der Waals surface area (Å²) in [5, 5.41) is 3.37. The Labute approximate surface area is 168 Å². The Hall–Kier alpha value is -1.59. The molecule has 3 rings (SSSR count). The lowest BCUT2D eigenvalue weighted by atomic mass is 10.0. The highest BCUT2D eigenvalue weighted by Crippen LogP contribution is 2.31. The van der Waals surface area contributed by atoms with Gasteiger partial charge in [-0.2, -0.15) is 0 Å². The molecule has 0 bridgehead atoms. The minimum Gasteiger partial charge on any atom is -0.339 e. The Morgan fingerprint density at radius 1 is 1.26 bits per heavy atom. The van der Waals surface area contributed by atoms with Crippen LogP contribution in [-0.4, -0.2) is 48.9 Å². The molecule has 0 aliphatic carbocycles. The number of hydrogen-bond acceptors (Lipinski definition) is 3. The molecule has 27 heavy (non-hydrogen) atoms. The maximum atomic E-state index is 13.2. The van der Waals surface area contributed by atoms with Gasteiger partial charge in [-0.15, -0.1) is 12.4 Å². The lowest BCUT2D eigenvalue weighted by molar-refractivity contribution is -0.138. The standard InChI is InChI=1S/C21H31N3O2.ClH/c1-4-12-23(18-8-10-22-11-9-18)21(26)17-13-20(25)24(14-17)19-7-5-6-15(2)16(19)3;/h5-7,17-18,22H,4,8-14H2,1-3H3;1H. The zero-order chi connectivity index (χ0) is 18.7. The quantitative estimate of drug-likeness (QED) is 0.836. The molecule has 1 aromatic carbocycles. The summed E-state index contributed by atoms with van der Waals surface area (Å²) in [6.45, 7) is 9.45. The smallest absolute Gasteiger partial charge is 0.228 e. The van der Waals surface area contributed by atoms with Crippen molar-refractivity contribution in [3.8, 4) is 0 Å². The van der Waals surface area contributed by atoms with E-state index in [1.54, 1.807) is 0 Å². The molecular weight excluding hydrogens is 362 g/mol. The van der Waals surface area contributed by atoms with E-state index in [2.05, 4.69) is 30.1 Å². The van der Waals surface area contributed by atoms with Crippen LogP contribution in [0.3, 0.4) is 0 Å². The predicted octanol–water partition coefficient (Wildman–Crippen LogP) is 3.07. The highest BCUT2D eigenvalue weighted by molar-refractivity contribution is 6.01. The van der Waals surface area contributed by atoms with Gasteiger partial charge in [0.05, 0.1) is 5.92 Å². The van der Waals surface area contributed by atoms with E-state index in [1.807, 2.05) is 24.0 Å². The monoisotopic (exact) mass is 393 g/mol. The first-order chi connectivity index (χ1) is 12.5. The number of hydrogen-bond donors (Lipinski definition) is 1. The van der Waals surface area contributed by atoms with Crippen LogP contribution in [0.4, 0.5) is 5.69 Å². The van der Waals surface area contributed by atoms with Crippen LogP contribution >= 0.6 is 12.4 Å². The summed E-state index contributed by atoms with van der Waals surface area (Å²) < 4.78 is 0. The van der Waals surface area contributed by atoms with Gasteiger partial charge in [-0.3, -0.25) is 9.59 Å². The topological polar surface area (TPSA) is 52.7 Å². The first-order valence-corrected chi connectivity index (χ1v) is 9.90. The molecular formula is C21H32ClN3O2.